The van der Waals surface area contributed by atoms with E-state index in [1.54, 1.807) is 6.08 Å². The van der Waals surface area contributed by atoms with E-state index in [9.17, 15) is 0 Å². The molecule has 1 aromatic carbocycles. The van der Waals surface area contributed by atoms with Crippen molar-refractivity contribution >= 4 is 0 Å². The molecule has 0 radical (unpaired) electrons. The fourth-order valence-electron chi connectivity index (χ4n) is 1.18. The summed E-state index contributed by atoms with van der Waals surface area (Å²) in [5.41, 5.74) is 5.22. The van der Waals surface area contributed by atoms with Crippen LogP contribution in [-0.2, 0) is 0 Å². The second-order valence-electron chi connectivity index (χ2n) is 4.52. The van der Waals surface area contributed by atoms with E-state index in [0.717, 1.165) is 0 Å². The van der Waals surface area contributed by atoms with Crippen LogP contribution in [0.15, 0.2) is 55.4 Å². The number of pyridine rings is 1. The van der Waals surface area contributed by atoms with Crippen molar-refractivity contribution in [1.29, 1.82) is 0 Å². The van der Waals surface area contributed by atoms with Gasteiger partial charge in [-0.3, -0.25) is 4.98 Å². The molecule has 1 aromatic heterocycles. The van der Waals surface area contributed by atoms with Crippen LogP contribution in [0, 0.1) is 27.7 Å². The third-order valence-corrected chi connectivity index (χ3v) is 2.52. The first-order valence-corrected chi connectivity index (χ1v) is 7.48. The molecule has 0 aliphatic carbocycles. The predicted molar refractivity (Wildman–Crippen MR) is 96.8 cm³/mol. The van der Waals surface area contributed by atoms with Gasteiger partial charge >= 0.3 is 0 Å². The zero-order valence-electron chi connectivity index (χ0n) is 14.8. The smallest absolute Gasteiger partial charge is 0.0299 e. The highest BCUT2D eigenvalue weighted by molar-refractivity contribution is 5.19. The van der Waals surface area contributed by atoms with Crippen molar-refractivity contribution in [2.75, 3.05) is 0 Å². The first-order valence-electron chi connectivity index (χ1n) is 7.48. The molecular formula is C20H31N. The average molecular weight is 285 g/mol. The fourth-order valence-corrected chi connectivity index (χ4v) is 1.18. The maximum atomic E-state index is 3.95. The first kappa shape index (κ1) is 21.4. The molecule has 116 valence electrons. The molecule has 0 saturated carbocycles. The Morgan fingerprint density at radius 1 is 0.810 bits per heavy atom. The molecule has 0 unspecified atom stereocenters. The third-order valence-electron chi connectivity index (χ3n) is 2.52. The lowest BCUT2D eigenvalue weighted by Crippen LogP contribution is -1.78. The van der Waals surface area contributed by atoms with Crippen LogP contribution in [0.2, 0.25) is 0 Å². The van der Waals surface area contributed by atoms with E-state index in [2.05, 4.69) is 63.5 Å². The lowest BCUT2D eigenvalue weighted by Gasteiger charge is -1.92. The molecule has 0 spiro atoms. The molecule has 0 N–H and O–H groups in total. The standard InChI is InChI=1S/C8H10.C7H9N.C3H6.C2H6/c1-7-3-5-8(2)6-4-7;1-6-3-4-8-5-7(6)2;1-3-2;1-2/h3-6H,1-2H3;3-5H,1-2H3;3H,1H2,2H3;1-2H3. The van der Waals surface area contributed by atoms with Gasteiger partial charge in [-0.2, -0.15) is 0 Å². The summed E-state index contributed by atoms with van der Waals surface area (Å²) in [6.45, 7) is 17.6. The van der Waals surface area contributed by atoms with E-state index < -0.39 is 0 Å². The Labute approximate surface area is 131 Å². The molecule has 1 heterocycles. The van der Waals surface area contributed by atoms with Gasteiger partial charge in [0, 0.05) is 12.4 Å². The summed E-state index contributed by atoms with van der Waals surface area (Å²) in [6.07, 6.45) is 5.43. The molecule has 0 fully saturated rings. The number of nitrogens with zero attached hydrogens (tertiary/aromatic N) is 1. The molecule has 0 amide bonds. The second-order valence-corrected chi connectivity index (χ2v) is 4.52. The molecule has 0 aliphatic rings. The zero-order chi connectivity index (χ0) is 16.7. The summed E-state index contributed by atoms with van der Waals surface area (Å²) in [6, 6.07) is 10.5. The Balaban J connectivity index is 0. The van der Waals surface area contributed by atoms with Gasteiger partial charge in [0.05, 0.1) is 0 Å². The quantitative estimate of drug-likeness (QED) is 0.523. The third kappa shape index (κ3) is 12.9. The topological polar surface area (TPSA) is 12.9 Å². The molecule has 1 heteroatoms. The number of rotatable bonds is 0. The predicted octanol–water partition coefficient (Wildman–Crippen LogP) is 6.22. The van der Waals surface area contributed by atoms with Crippen molar-refractivity contribution in [2.24, 2.45) is 0 Å². The van der Waals surface area contributed by atoms with Crippen molar-refractivity contribution < 1.29 is 0 Å². The minimum Gasteiger partial charge on any atom is -0.264 e. The zero-order valence-corrected chi connectivity index (χ0v) is 14.8. The number of aromatic nitrogens is 1. The summed E-state index contributed by atoms with van der Waals surface area (Å²) >= 11 is 0. The van der Waals surface area contributed by atoms with Crippen LogP contribution in [0.3, 0.4) is 0 Å². The Hall–Kier alpha value is -1.89. The minimum atomic E-state index is 1.26. The van der Waals surface area contributed by atoms with Gasteiger partial charge < -0.3 is 0 Å². The monoisotopic (exact) mass is 285 g/mol. The largest absolute Gasteiger partial charge is 0.264 e. The number of benzene rings is 1. The normalized spacial score (nSPS) is 7.95. The van der Waals surface area contributed by atoms with E-state index in [1.165, 1.54) is 22.3 Å². The van der Waals surface area contributed by atoms with E-state index in [4.69, 9.17) is 0 Å². The van der Waals surface area contributed by atoms with E-state index in [-0.39, 0.29) is 0 Å². The van der Waals surface area contributed by atoms with Crippen molar-refractivity contribution in [1.82, 2.24) is 4.98 Å². The van der Waals surface area contributed by atoms with Crippen molar-refractivity contribution in [3.8, 4) is 0 Å². The van der Waals surface area contributed by atoms with Crippen LogP contribution >= 0.6 is 0 Å². The van der Waals surface area contributed by atoms with Gasteiger partial charge in [0.15, 0.2) is 0 Å². The second kappa shape index (κ2) is 14.5. The van der Waals surface area contributed by atoms with Gasteiger partial charge in [0.2, 0.25) is 0 Å². The van der Waals surface area contributed by atoms with Gasteiger partial charge in [0.1, 0.15) is 0 Å². The molecule has 21 heavy (non-hydrogen) atoms. The number of aryl methyl sites for hydroxylation is 4. The van der Waals surface area contributed by atoms with Crippen LogP contribution in [0.25, 0.3) is 0 Å². The maximum absolute atomic E-state index is 3.95. The van der Waals surface area contributed by atoms with Gasteiger partial charge in [-0.25, -0.2) is 0 Å². The van der Waals surface area contributed by atoms with Crippen molar-refractivity contribution in [3.63, 3.8) is 0 Å². The summed E-state index contributed by atoms with van der Waals surface area (Å²) in [5, 5.41) is 0. The maximum Gasteiger partial charge on any atom is 0.0299 e. The summed E-state index contributed by atoms with van der Waals surface area (Å²) < 4.78 is 0. The summed E-state index contributed by atoms with van der Waals surface area (Å²) in [5.74, 6) is 0. The molecule has 0 saturated heterocycles. The summed E-state index contributed by atoms with van der Waals surface area (Å²) in [7, 11) is 0. The first-order chi connectivity index (χ1) is 10.0. The Morgan fingerprint density at radius 3 is 1.43 bits per heavy atom. The fraction of sp³-hybridized carbons (Fsp3) is 0.350. The Bertz CT molecular complexity index is 427. The Kier molecular flexibility index (Phi) is 14.8. The van der Waals surface area contributed by atoms with E-state index >= 15 is 0 Å². The average Bonchev–Trinajstić information content (AvgIpc) is 2.49. The highest BCUT2D eigenvalue weighted by atomic mass is 14.6. The van der Waals surface area contributed by atoms with Crippen LogP contribution in [0.4, 0.5) is 0 Å². The van der Waals surface area contributed by atoms with Crippen LogP contribution in [-0.4, -0.2) is 4.98 Å². The van der Waals surface area contributed by atoms with Gasteiger partial charge in [-0.15, -0.1) is 6.58 Å². The molecule has 0 aliphatic heterocycles. The lowest BCUT2D eigenvalue weighted by molar-refractivity contribution is 1.22. The molecule has 1 nitrogen and oxygen atoms in total. The summed E-state index contributed by atoms with van der Waals surface area (Å²) in [4.78, 5) is 3.95. The van der Waals surface area contributed by atoms with Gasteiger partial charge in [-0.05, 0) is 51.8 Å². The SMILES string of the molecule is C=CC.CC.Cc1ccc(C)cc1.Cc1ccncc1C. The molecule has 2 aromatic rings. The highest BCUT2D eigenvalue weighted by Crippen LogP contribution is 2.00. The molecular weight excluding hydrogens is 254 g/mol. The van der Waals surface area contributed by atoms with Gasteiger partial charge in [-0.1, -0.05) is 55.3 Å². The minimum absolute atomic E-state index is 1.26. The van der Waals surface area contributed by atoms with Crippen molar-refractivity contribution in [3.05, 3.63) is 77.6 Å². The van der Waals surface area contributed by atoms with E-state index in [1.807, 2.05) is 39.2 Å². The molecule has 2 rings (SSSR count). The number of hydrogen-bond donors (Lipinski definition) is 0. The van der Waals surface area contributed by atoms with Gasteiger partial charge in [0.25, 0.3) is 0 Å². The van der Waals surface area contributed by atoms with Crippen LogP contribution in [0.1, 0.15) is 43.0 Å². The molecule has 0 bridgehead atoms. The Morgan fingerprint density at radius 2 is 1.19 bits per heavy atom. The van der Waals surface area contributed by atoms with Crippen LogP contribution < -0.4 is 0 Å². The van der Waals surface area contributed by atoms with E-state index in [0.29, 0.717) is 0 Å². The number of allylic oxidation sites excluding steroid dienone is 1. The highest BCUT2D eigenvalue weighted by Gasteiger charge is 1.85. The number of hydrogen-bond acceptors (Lipinski definition) is 1. The van der Waals surface area contributed by atoms with Crippen LogP contribution in [0.5, 0.6) is 0 Å². The molecule has 0 atom stereocenters. The lowest BCUT2D eigenvalue weighted by atomic mass is 10.2. The van der Waals surface area contributed by atoms with Crippen molar-refractivity contribution in [2.45, 2.75) is 48.5 Å².